The van der Waals surface area contributed by atoms with Crippen molar-refractivity contribution in [3.05, 3.63) is 29.3 Å². The van der Waals surface area contributed by atoms with Gasteiger partial charge < -0.3 is 2.96 Å². The van der Waals surface area contributed by atoms with Crippen LogP contribution in [0.25, 0.3) is 0 Å². The summed E-state index contributed by atoms with van der Waals surface area (Å²) in [5.41, 5.74) is 0. The third-order valence-corrected chi connectivity index (χ3v) is 2.10. The Morgan fingerprint density at radius 2 is 1.70 bits per heavy atom. The first-order chi connectivity index (χ1) is 4.33. The lowest BCUT2D eigenvalue weighted by Crippen LogP contribution is -2.07. The summed E-state index contributed by atoms with van der Waals surface area (Å²) in [7, 11) is 0. The van der Waals surface area contributed by atoms with Gasteiger partial charge in [0.2, 0.25) is 0 Å². The predicted molar refractivity (Wildman–Crippen MR) is 48.3 cm³/mol. The van der Waals surface area contributed by atoms with E-state index in [9.17, 15) is 2.96 Å². The molecule has 0 saturated heterocycles. The zero-order valence-electron chi connectivity index (χ0n) is 5.18. The molecule has 0 aliphatic rings. The Labute approximate surface area is 85.0 Å². The van der Waals surface area contributed by atoms with Gasteiger partial charge in [0.15, 0.2) is 0 Å². The van der Waals surface area contributed by atoms with Crippen molar-refractivity contribution < 1.29 is 2.96 Å². The minimum absolute atomic E-state index is 0. The van der Waals surface area contributed by atoms with Gasteiger partial charge in [0, 0.05) is 5.02 Å². The highest BCUT2D eigenvalue weighted by Gasteiger charge is 1.96. The maximum Gasteiger partial charge on any atom is 0.652 e. The van der Waals surface area contributed by atoms with Crippen LogP contribution in [0.15, 0.2) is 24.3 Å². The molecule has 0 fully saturated rings. The van der Waals surface area contributed by atoms with Gasteiger partial charge in [0.1, 0.15) is 0 Å². The molecule has 10 heavy (non-hydrogen) atoms. The van der Waals surface area contributed by atoms with Crippen LogP contribution in [-0.4, -0.2) is 20.9 Å². The molecular formula is C6H5BrClFMg. The van der Waals surface area contributed by atoms with Crippen LogP contribution in [-0.2, 0) is 0 Å². The standard InChI is InChI=1S/C6H4Cl.BrH.FH.Mg/c7-6-4-2-1-3-5-6;;;/h2-5H;2*1H;/q;;;+1/p-1. The molecule has 0 amide bonds. The molecule has 1 aromatic carbocycles. The predicted octanol–water partition coefficient (Wildman–Crippen LogP) is 2.13. The van der Waals surface area contributed by atoms with Crippen LogP contribution in [0.3, 0.4) is 0 Å². The summed E-state index contributed by atoms with van der Waals surface area (Å²) < 4.78 is 12.8. The van der Waals surface area contributed by atoms with E-state index in [1.165, 1.54) is 0 Å². The second kappa shape index (κ2) is 5.35. The maximum absolute atomic E-state index is 12.0. The number of halogens is 3. The molecule has 0 bridgehead atoms. The molecule has 0 radical (unpaired) electrons. The van der Waals surface area contributed by atoms with Crippen molar-refractivity contribution in [1.29, 1.82) is 0 Å². The topological polar surface area (TPSA) is 0 Å². The first-order valence-corrected chi connectivity index (χ1v) is 4.25. The Kier molecular flexibility index (Phi) is 5.72. The smallest absolute Gasteiger partial charge is 0.475 e. The second-order valence-electron chi connectivity index (χ2n) is 1.76. The summed E-state index contributed by atoms with van der Waals surface area (Å²) in [5, 5.41) is 0.668. The largest absolute Gasteiger partial charge is 0.652 e. The molecule has 0 aliphatic carbocycles. The fourth-order valence-electron chi connectivity index (χ4n) is 0.573. The Hall–Kier alpha value is 0.686. The summed E-state index contributed by atoms with van der Waals surface area (Å²) in [5.74, 6) is 0. The second-order valence-corrected chi connectivity index (χ2v) is 3.28. The van der Waals surface area contributed by atoms with Crippen molar-refractivity contribution in [3.63, 3.8) is 0 Å². The van der Waals surface area contributed by atoms with Crippen molar-refractivity contribution in [1.82, 2.24) is 0 Å². The highest BCUT2D eigenvalue weighted by Crippen LogP contribution is 2.02. The lowest BCUT2D eigenvalue weighted by Gasteiger charge is -1.90. The molecule has 0 unspecified atom stereocenters. The zero-order valence-corrected chi connectivity index (χ0v) is 9.06. The summed E-state index contributed by atoms with van der Waals surface area (Å²) in [6.45, 7) is 0. The van der Waals surface area contributed by atoms with E-state index in [1.54, 1.807) is 24.3 Å². The molecule has 0 heterocycles. The van der Waals surface area contributed by atoms with Gasteiger partial charge in [0.05, 0.1) is 0 Å². The highest BCUT2D eigenvalue weighted by atomic mass is 79.9. The molecule has 0 nitrogen and oxygen atoms in total. The lowest BCUT2D eigenvalue weighted by atomic mass is 10.4. The third kappa shape index (κ3) is 3.19. The van der Waals surface area contributed by atoms with Crippen molar-refractivity contribution in [2.45, 2.75) is 0 Å². The summed E-state index contributed by atoms with van der Waals surface area (Å²) in [6.07, 6.45) is 0. The first-order valence-electron chi connectivity index (χ1n) is 2.63. The Morgan fingerprint density at radius 3 is 2.10 bits per heavy atom. The molecule has 4 heteroatoms. The van der Waals surface area contributed by atoms with Crippen LogP contribution in [0.1, 0.15) is 0 Å². The Balaban J connectivity index is 0.000000810. The quantitative estimate of drug-likeness (QED) is 0.655. The fraction of sp³-hybridized carbons (Fsp3) is 0. The van der Waals surface area contributed by atoms with Crippen LogP contribution < -0.4 is 3.69 Å². The number of hydrogen-bond acceptors (Lipinski definition) is 0. The van der Waals surface area contributed by atoms with Gasteiger partial charge in [-0.2, -0.15) is 0 Å². The number of hydrogen-bond donors (Lipinski definition) is 0. The van der Waals surface area contributed by atoms with Crippen molar-refractivity contribution >= 4 is 53.2 Å². The van der Waals surface area contributed by atoms with Crippen LogP contribution in [0.4, 0.5) is 2.96 Å². The van der Waals surface area contributed by atoms with Gasteiger partial charge >= 0.3 is 20.9 Å². The first kappa shape index (κ1) is 10.7. The third-order valence-electron chi connectivity index (χ3n) is 1.07. The zero-order chi connectivity index (χ0) is 6.69. The van der Waals surface area contributed by atoms with Crippen molar-refractivity contribution in [2.24, 2.45) is 0 Å². The number of rotatable bonds is 1. The van der Waals surface area contributed by atoms with Gasteiger partial charge in [-0.3, -0.25) is 0 Å². The molecular weight excluding hydrogens is 231 g/mol. The highest BCUT2D eigenvalue weighted by molar-refractivity contribution is 8.93. The monoisotopic (exact) mass is 234 g/mol. The van der Waals surface area contributed by atoms with E-state index in [4.69, 9.17) is 11.6 Å². The molecule has 1 rings (SSSR count). The van der Waals surface area contributed by atoms with E-state index in [2.05, 4.69) is 0 Å². The van der Waals surface area contributed by atoms with E-state index in [0.29, 0.717) is 5.02 Å². The summed E-state index contributed by atoms with van der Waals surface area (Å²) in [4.78, 5) is 0. The van der Waals surface area contributed by atoms with Crippen LogP contribution in [0.5, 0.6) is 0 Å². The average Bonchev–Trinajstić information content (AvgIpc) is 1.90. The number of benzene rings is 1. The SMILES string of the molecule is Br.[F][Mg][c]1ccc(Cl)cc1. The van der Waals surface area contributed by atoms with Gasteiger partial charge in [-0.15, -0.1) is 20.7 Å². The summed E-state index contributed by atoms with van der Waals surface area (Å²) >= 11 is 4.08. The van der Waals surface area contributed by atoms with E-state index < -0.39 is 20.9 Å². The summed E-state index contributed by atoms with van der Waals surface area (Å²) in [6, 6.07) is 6.88. The van der Waals surface area contributed by atoms with Gasteiger partial charge in [-0.25, -0.2) is 0 Å². The van der Waals surface area contributed by atoms with Crippen LogP contribution in [0.2, 0.25) is 5.02 Å². The molecule has 0 atom stereocenters. The van der Waals surface area contributed by atoms with Crippen molar-refractivity contribution in [3.8, 4) is 0 Å². The van der Waals surface area contributed by atoms with E-state index in [0.717, 1.165) is 3.69 Å². The van der Waals surface area contributed by atoms with Gasteiger partial charge in [-0.1, -0.05) is 23.7 Å². The van der Waals surface area contributed by atoms with Crippen LogP contribution >= 0.6 is 28.6 Å². The van der Waals surface area contributed by atoms with E-state index >= 15 is 0 Å². The normalized spacial score (nSPS) is 7.80. The Morgan fingerprint density at radius 1 is 1.20 bits per heavy atom. The van der Waals surface area contributed by atoms with Gasteiger partial charge in [-0.05, 0) is 12.1 Å². The fourth-order valence-corrected chi connectivity index (χ4v) is 1.11. The molecule has 0 N–H and O–H groups in total. The van der Waals surface area contributed by atoms with Gasteiger partial charge in [0.25, 0.3) is 0 Å². The lowest BCUT2D eigenvalue weighted by molar-refractivity contribution is 0.885. The molecule has 0 aromatic heterocycles. The molecule has 0 aliphatic heterocycles. The maximum atomic E-state index is 12.0. The minimum atomic E-state index is -1.48. The average molecular weight is 236 g/mol. The molecule has 0 spiro atoms. The van der Waals surface area contributed by atoms with Crippen LogP contribution in [0, 0.1) is 0 Å². The molecule has 1 aromatic rings. The van der Waals surface area contributed by atoms with E-state index in [1.807, 2.05) is 0 Å². The van der Waals surface area contributed by atoms with Crippen molar-refractivity contribution in [2.75, 3.05) is 0 Å². The molecule has 52 valence electrons. The molecule has 0 saturated carbocycles. The minimum Gasteiger partial charge on any atom is -0.475 e. The Bertz CT molecular complexity index is 189. The van der Waals surface area contributed by atoms with E-state index in [-0.39, 0.29) is 17.0 Å².